The Morgan fingerprint density at radius 3 is 1.29 bits per heavy atom. The zero-order valence-corrected chi connectivity index (χ0v) is 43.8. The van der Waals surface area contributed by atoms with E-state index in [4.69, 9.17) is 22.9 Å². The van der Waals surface area contributed by atoms with Crippen LogP contribution in [0.5, 0.6) is 0 Å². The van der Waals surface area contributed by atoms with Gasteiger partial charge in [0.1, 0.15) is 0 Å². The van der Waals surface area contributed by atoms with E-state index in [2.05, 4.69) is 16.0 Å². The van der Waals surface area contributed by atoms with Gasteiger partial charge in [-0.05, 0) is 195 Å². The molecule has 386 valence electrons. The fourth-order valence-electron chi connectivity index (χ4n) is 16.6. The van der Waals surface area contributed by atoms with E-state index in [9.17, 15) is 0 Å². The molecule has 7 nitrogen and oxygen atoms in total. The van der Waals surface area contributed by atoms with Crippen LogP contribution in [-0.4, -0.2) is 62.9 Å². The maximum atomic E-state index is 5.60. The van der Waals surface area contributed by atoms with Crippen LogP contribution in [0.1, 0.15) is 257 Å². The first-order chi connectivity index (χ1) is 32.4. The van der Waals surface area contributed by atoms with Gasteiger partial charge in [0.25, 0.3) is 0 Å². The zero-order valence-electron chi connectivity index (χ0n) is 43.8. The lowest BCUT2D eigenvalue weighted by atomic mass is 9.53. The van der Waals surface area contributed by atoms with Gasteiger partial charge in [-0.1, -0.05) is 135 Å². The first-order valence-corrected chi connectivity index (χ1v) is 30.5. The Bertz CT molecular complexity index is 1140. The molecule has 12 aliphatic rings. The van der Waals surface area contributed by atoms with Gasteiger partial charge in [-0.2, -0.15) is 0 Å². The summed E-state index contributed by atoms with van der Waals surface area (Å²) >= 11 is 0. The Balaban J connectivity index is 0.000000138. The average Bonchev–Trinajstić information content (AvgIpc) is 3.97. The first kappa shape index (κ1) is 55.0. The van der Waals surface area contributed by atoms with Crippen molar-refractivity contribution in [2.45, 2.75) is 274 Å². The minimum atomic E-state index is 0.522. The van der Waals surface area contributed by atoms with E-state index in [1.54, 1.807) is 6.42 Å². The summed E-state index contributed by atoms with van der Waals surface area (Å²) in [5.74, 6) is 9.60. The second kappa shape index (κ2) is 31.2. The maximum absolute atomic E-state index is 5.60. The number of hydrogen-bond acceptors (Lipinski definition) is 7. The van der Waals surface area contributed by atoms with Crippen molar-refractivity contribution < 1.29 is 0 Å². The third kappa shape index (κ3) is 19.4. The van der Waals surface area contributed by atoms with Crippen molar-refractivity contribution in [3.8, 4) is 0 Å². The molecule has 66 heavy (non-hydrogen) atoms. The lowest BCUT2D eigenvalue weighted by Crippen LogP contribution is -2.59. The fraction of sp³-hybridized carbons (Fsp3) is 1.00. The van der Waals surface area contributed by atoms with Gasteiger partial charge < -0.3 is 38.9 Å². The molecule has 12 saturated carbocycles. The quantitative estimate of drug-likeness (QED) is 0.0603. The summed E-state index contributed by atoms with van der Waals surface area (Å²) in [5.41, 5.74) is 23.1. The highest BCUT2D eigenvalue weighted by atomic mass is 15.0. The van der Waals surface area contributed by atoms with Gasteiger partial charge in [0.15, 0.2) is 0 Å². The van der Waals surface area contributed by atoms with Gasteiger partial charge in [0.2, 0.25) is 0 Å². The van der Waals surface area contributed by atoms with Crippen LogP contribution < -0.4 is 38.9 Å². The summed E-state index contributed by atoms with van der Waals surface area (Å²) in [6, 6.07) is 0.860. The van der Waals surface area contributed by atoms with Crippen molar-refractivity contribution >= 4 is 0 Å². The zero-order chi connectivity index (χ0) is 46.1. The van der Waals surface area contributed by atoms with E-state index < -0.39 is 0 Å². The van der Waals surface area contributed by atoms with E-state index >= 15 is 0 Å². The molecule has 0 amide bonds. The smallest absolute Gasteiger partial charge is 0.0190 e. The van der Waals surface area contributed by atoms with Crippen molar-refractivity contribution in [2.24, 2.45) is 76.2 Å². The molecule has 0 spiro atoms. The van der Waals surface area contributed by atoms with Gasteiger partial charge in [0.05, 0.1) is 0 Å². The third-order valence-corrected chi connectivity index (χ3v) is 19.9. The molecule has 12 rings (SSSR count). The lowest BCUT2D eigenvalue weighted by molar-refractivity contribution is -0.0190. The van der Waals surface area contributed by atoms with Crippen molar-refractivity contribution in [1.82, 2.24) is 16.0 Å². The number of unbranched alkanes of at least 4 members (excludes halogenated alkanes) is 3. The van der Waals surface area contributed by atoms with Gasteiger partial charge in [-0.3, -0.25) is 0 Å². The summed E-state index contributed by atoms with van der Waals surface area (Å²) in [7, 11) is 0. The number of nitrogens with two attached hydrogens (primary N) is 4. The van der Waals surface area contributed by atoms with Gasteiger partial charge >= 0.3 is 0 Å². The van der Waals surface area contributed by atoms with Crippen LogP contribution in [0.15, 0.2) is 0 Å². The highest BCUT2D eigenvalue weighted by Gasteiger charge is 2.50. The van der Waals surface area contributed by atoms with E-state index in [-0.39, 0.29) is 0 Å². The van der Waals surface area contributed by atoms with Crippen LogP contribution in [0.25, 0.3) is 0 Å². The molecule has 0 radical (unpaired) electrons. The van der Waals surface area contributed by atoms with Crippen LogP contribution >= 0.6 is 0 Å². The molecular formula is C59H115N7. The summed E-state index contributed by atoms with van der Waals surface area (Å²) < 4.78 is 0. The predicted octanol–water partition coefficient (Wildman–Crippen LogP) is 12.7. The summed E-state index contributed by atoms with van der Waals surface area (Å²) in [5, 5.41) is 11.1. The number of hydrogen-bond donors (Lipinski definition) is 7. The molecule has 7 heteroatoms. The molecule has 0 heterocycles. The van der Waals surface area contributed by atoms with E-state index in [0.29, 0.717) is 11.1 Å². The number of rotatable bonds is 20. The maximum Gasteiger partial charge on any atom is 0.0190 e. The van der Waals surface area contributed by atoms with Crippen LogP contribution in [-0.2, 0) is 0 Å². The van der Waals surface area contributed by atoms with Crippen molar-refractivity contribution in [3.05, 3.63) is 0 Å². The summed E-state index contributed by atoms with van der Waals surface area (Å²) in [4.78, 5) is 0. The molecule has 1 unspecified atom stereocenters. The summed E-state index contributed by atoms with van der Waals surface area (Å²) in [6.45, 7) is 6.65. The molecule has 8 bridgehead atoms. The lowest BCUT2D eigenvalue weighted by Gasteiger charge is -2.57. The second-order valence-electron chi connectivity index (χ2n) is 25.2. The van der Waals surface area contributed by atoms with Crippen LogP contribution in [0.3, 0.4) is 0 Å². The van der Waals surface area contributed by atoms with Crippen LogP contribution in [0.4, 0.5) is 0 Å². The SMILES string of the molecule is C1CCC(CCCCNC2CCCCC2)CC1.NCCCCC1CC2CCC1CC2.NCCCCC1CCCCC1.NCCNC12CC3CC(CC(C3)C1)C2.NCCNC12CCC(CC1)C2. The molecule has 1 atom stereocenters. The molecule has 0 aliphatic heterocycles. The Labute approximate surface area is 410 Å². The molecule has 0 aromatic rings. The van der Waals surface area contributed by atoms with Crippen molar-refractivity contribution in [3.63, 3.8) is 0 Å². The molecule has 12 aliphatic carbocycles. The van der Waals surface area contributed by atoms with Gasteiger partial charge in [-0.25, -0.2) is 0 Å². The fourth-order valence-corrected chi connectivity index (χ4v) is 16.6. The van der Waals surface area contributed by atoms with Gasteiger partial charge in [-0.15, -0.1) is 0 Å². The minimum absolute atomic E-state index is 0.522. The molecule has 12 fully saturated rings. The number of fused-ring (bicyclic) bond motifs is 5. The molecule has 11 N–H and O–H groups in total. The van der Waals surface area contributed by atoms with Crippen LogP contribution in [0, 0.1) is 53.3 Å². The second-order valence-corrected chi connectivity index (χ2v) is 25.2. The normalized spacial score (nSPS) is 34.6. The molecule has 0 saturated heterocycles. The first-order valence-electron chi connectivity index (χ1n) is 30.5. The largest absolute Gasteiger partial charge is 0.330 e. The van der Waals surface area contributed by atoms with Crippen LogP contribution in [0.2, 0.25) is 0 Å². The molecular weight excluding hydrogens is 807 g/mol. The Morgan fingerprint density at radius 2 is 0.833 bits per heavy atom. The van der Waals surface area contributed by atoms with E-state index in [1.807, 2.05) is 0 Å². The highest BCUT2D eigenvalue weighted by Crippen LogP contribution is 2.55. The molecule has 0 aromatic heterocycles. The standard InChI is InChI=1S/C16H31N.C12H22N2.C12H23N.C10H21N.C9H18N2/c1-3-9-15(10-4-1)11-7-8-14-17-16-12-5-2-6-13-16;13-1-2-14-12-6-9-3-10(7-12)5-11(4-9)8-12;13-8-2-1-3-12-9-10-4-6-11(12)7-5-10;11-9-5-4-8-10-6-2-1-3-7-10;10-5-6-11-9-3-1-8(7-9)2-4-9/h15-17H,1-14H2;9-11,14H,1-8,13H2;10-12H,1-9,13H2;10H,1-9,11H2;8,11H,1-7,10H2. The third-order valence-electron chi connectivity index (χ3n) is 19.9. The molecule has 0 aromatic carbocycles. The van der Waals surface area contributed by atoms with Crippen molar-refractivity contribution in [2.75, 3.05) is 45.8 Å². The van der Waals surface area contributed by atoms with E-state index in [0.717, 1.165) is 98.6 Å². The number of nitrogens with one attached hydrogen (secondary N) is 3. The highest BCUT2D eigenvalue weighted by molar-refractivity contribution is 5.06. The Kier molecular flexibility index (Phi) is 26.1. The van der Waals surface area contributed by atoms with Crippen molar-refractivity contribution in [1.29, 1.82) is 0 Å². The van der Waals surface area contributed by atoms with E-state index in [1.165, 1.54) is 257 Å². The Morgan fingerprint density at radius 1 is 0.364 bits per heavy atom. The monoisotopic (exact) mass is 922 g/mol. The average molecular weight is 923 g/mol. The summed E-state index contributed by atoms with van der Waals surface area (Å²) in [6.07, 6.45) is 58.5. The Hall–Kier alpha value is -0.280. The topological polar surface area (TPSA) is 140 Å². The predicted molar refractivity (Wildman–Crippen MR) is 286 cm³/mol. The minimum Gasteiger partial charge on any atom is -0.330 e. The van der Waals surface area contributed by atoms with Gasteiger partial charge in [0, 0.05) is 43.3 Å².